The first-order chi connectivity index (χ1) is 17.9. The summed E-state index contributed by atoms with van der Waals surface area (Å²) in [7, 11) is 0. The van der Waals surface area contributed by atoms with Crippen molar-refractivity contribution in [2.45, 2.75) is 32.7 Å². The zero-order valence-corrected chi connectivity index (χ0v) is 23.1. The molecular weight excluding hydrogens is 551 g/mol. The largest absolute Gasteiger partial charge is 0.463 e. The van der Waals surface area contributed by atoms with E-state index in [2.05, 4.69) is 0 Å². The number of carbonyl (C=O) groups excluding carboxylic acids is 1. The van der Waals surface area contributed by atoms with Crippen LogP contribution in [0.1, 0.15) is 43.4 Å². The molecule has 37 heavy (non-hydrogen) atoms. The molecule has 0 saturated carbocycles. The number of allylic oxidation sites excluding steroid dienone is 1. The van der Waals surface area contributed by atoms with E-state index in [1.807, 2.05) is 24.4 Å². The number of benzene rings is 1. The van der Waals surface area contributed by atoms with Gasteiger partial charge in [-0.25, -0.2) is 9.79 Å². The van der Waals surface area contributed by atoms with Gasteiger partial charge in [0.2, 0.25) is 0 Å². The Bertz CT molecular complexity index is 1680. The Morgan fingerprint density at radius 3 is 2.78 bits per heavy atom. The average molecular weight is 574 g/mol. The highest BCUT2D eigenvalue weighted by Crippen LogP contribution is 2.35. The number of aromatic nitrogens is 1. The van der Waals surface area contributed by atoms with E-state index in [4.69, 9.17) is 37.3 Å². The van der Waals surface area contributed by atoms with E-state index in [9.17, 15) is 9.59 Å². The predicted molar refractivity (Wildman–Crippen MR) is 148 cm³/mol. The van der Waals surface area contributed by atoms with Crippen LogP contribution in [0, 0.1) is 0 Å². The molecule has 190 valence electrons. The van der Waals surface area contributed by atoms with Gasteiger partial charge in [0.15, 0.2) is 4.80 Å². The smallest absolute Gasteiger partial charge is 0.338 e. The summed E-state index contributed by atoms with van der Waals surface area (Å²) in [5.41, 5.74) is 1.48. The topological polar surface area (TPSA) is 73.8 Å². The summed E-state index contributed by atoms with van der Waals surface area (Å²) in [5.74, 6) is 0.580. The molecule has 1 aliphatic heterocycles. The molecule has 0 radical (unpaired) electrons. The second kappa shape index (κ2) is 10.8. The number of thiazole rings is 1. The van der Waals surface area contributed by atoms with Crippen LogP contribution in [0.2, 0.25) is 10.0 Å². The van der Waals surface area contributed by atoms with Crippen molar-refractivity contribution in [2.75, 3.05) is 6.61 Å². The van der Waals surface area contributed by atoms with Gasteiger partial charge >= 0.3 is 5.97 Å². The summed E-state index contributed by atoms with van der Waals surface area (Å²) in [6.07, 6.45) is 3.09. The van der Waals surface area contributed by atoms with Crippen LogP contribution >= 0.6 is 45.9 Å². The lowest BCUT2D eigenvalue weighted by Crippen LogP contribution is -2.39. The first-order valence-corrected chi connectivity index (χ1v) is 14.2. The normalized spacial score (nSPS) is 15.6. The van der Waals surface area contributed by atoms with Gasteiger partial charge in [-0.3, -0.25) is 9.36 Å². The summed E-state index contributed by atoms with van der Waals surface area (Å²) in [4.78, 5) is 33.0. The van der Waals surface area contributed by atoms with Gasteiger partial charge in [0.05, 0.1) is 27.4 Å². The summed E-state index contributed by atoms with van der Waals surface area (Å²) >= 11 is 15.2. The number of rotatable bonds is 7. The standard InChI is InChI=1S/C27H22Cl2N2O4S2/c1-3-6-19-23(26(33)34-4-2)24(21-7-5-12-36-21)31-25(32)22(37-27(31)30-19)14-16-9-11-20(35-16)17-13-15(28)8-10-18(17)29/h5,7-14,24H,3-4,6H2,1-2H3/b22-14-. The Morgan fingerprint density at radius 2 is 2.05 bits per heavy atom. The van der Waals surface area contributed by atoms with Crippen molar-refractivity contribution in [3.8, 4) is 11.3 Å². The molecule has 1 aromatic carbocycles. The minimum atomic E-state index is -0.601. The maximum Gasteiger partial charge on any atom is 0.338 e. The fraction of sp³-hybridized carbons (Fsp3) is 0.222. The molecule has 1 aliphatic rings. The molecule has 0 N–H and O–H groups in total. The first kappa shape index (κ1) is 25.7. The van der Waals surface area contributed by atoms with Gasteiger partial charge in [0.1, 0.15) is 17.6 Å². The molecule has 0 amide bonds. The van der Waals surface area contributed by atoms with Crippen molar-refractivity contribution in [1.29, 1.82) is 0 Å². The van der Waals surface area contributed by atoms with Crippen LogP contribution in [0.15, 0.2) is 73.3 Å². The quantitative estimate of drug-likeness (QED) is 0.247. The minimum absolute atomic E-state index is 0.237. The number of halogens is 2. The Balaban J connectivity index is 1.65. The van der Waals surface area contributed by atoms with Crippen molar-refractivity contribution in [3.05, 3.63) is 99.5 Å². The Kier molecular flexibility index (Phi) is 7.53. The lowest BCUT2D eigenvalue weighted by atomic mass is 9.99. The molecule has 10 heteroatoms. The van der Waals surface area contributed by atoms with Crippen LogP contribution < -0.4 is 14.9 Å². The molecule has 6 nitrogen and oxygen atoms in total. The van der Waals surface area contributed by atoms with Gasteiger partial charge in [-0.1, -0.05) is 53.9 Å². The highest BCUT2D eigenvalue weighted by molar-refractivity contribution is 7.10. The summed E-state index contributed by atoms with van der Waals surface area (Å²) < 4.78 is 13.4. The van der Waals surface area contributed by atoms with Gasteiger partial charge in [0.25, 0.3) is 5.56 Å². The van der Waals surface area contributed by atoms with Crippen molar-refractivity contribution >= 4 is 57.9 Å². The van der Waals surface area contributed by atoms with Crippen LogP contribution in [-0.2, 0) is 9.53 Å². The zero-order valence-electron chi connectivity index (χ0n) is 20.0. The molecule has 0 aliphatic carbocycles. The number of hydrogen-bond acceptors (Lipinski definition) is 7. The Morgan fingerprint density at radius 1 is 1.22 bits per heavy atom. The van der Waals surface area contributed by atoms with Gasteiger partial charge in [0, 0.05) is 21.5 Å². The molecule has 0 bridgehead atoms. The van der Waals surface area contributed by atoms with E-state index in [0.717, 1.165) is 11.3 Å². The van der Waals surface area contributed by atoms with Crippen LogP contribution in [0.3, 0.4) is 0 Å². The maximum atomic E-state index is 13.7. The zero-order chi connectivity index (χ0) is 26.1. The molecule has 0 saturated heterocycles. The van der Waals surface area contributed by atoms with Gasteiger partial charge in [-0.05, 0) is 55.1 Å². The lowest BCUT2D eigenvalue weighted by Gasteiger charge is -2.24. The molecule has 4 aromatic rings. The number of furan rings is 1. The Labute approximate surface area is 230 Å². The molecule has 0 fully saturated rings. The first-order valence-electron chi connectivity index (χ1n) is 11.7. The van der Waals surface area contributed by atoms with Crippen LogP contribution in [0.5, 0.6) is 0 Å². The van der Waals surface area contributed by atoms with Crippen LogP contribution in [0.4, 0.5) is 0 Å². The van der Waals surface area contributed by atoms with Gasteiger partial charge in [-0.15, -0.1) is 11.3 Å². The number of carbonyl (C=O) groups is 1. The monoisotopic (exact) mass is 572 g/mol. The van der Waals surface area contributed by atoms with Crippen molar-refractivity contribution in [3.63, 3.8) is 0 Å². The average Bonchev–Trinajstić information content (AvgIpc) is 3.62. The number of hydrogen-bond donors (Lipinski definition) is 0. The minimum Gasteiger partial charge on any atom is -0.463 e. The molecular formula is C27H22Cl2N2O4S2. The highest BCUT2D eigenvalue weighted by Gasteiger charge is 2.34. The third kappa shape index (κ3) is 4.99. The van der Waals surface area contributed by atoms with Gasteiger partial charge < -0.3 is 9.15 Å². The number of esters is 1. The molecule has 5 rings (SSSR count). The number of ether oxygens (including phenoxy) is 1. The summed E-state index contributed by atoms with van der Waals surface area (Å²) in [5, 5.41) is 2.98. The van der Waals surface area contributed by atoms with Crippen LogP contribution in [0.25, 0.3) is 17.4 Å². The fourth-order valence-electron chi connectivity index (χ4n) is 4.23. The SMILES string of the molecule is CCCC1=C(C(=O)OCC)C(c2cccs2)n2c(s/c(=C\c3ccc(-c4cc(Cl)ccc4Cl)o3)c2=O)=N1. The second-order valence-corrected chi connectivity index (χ2v) is 11.1. The maximum absolute atomic E-state index is 13.7. The second-order valence-electron chi connectivity index (χ2n) is 8.26. The van der Waals surface area contributed by atoms with E-state index < -0.39 is 12.0 Å². The predicted octanol–water partition coefficient (Wildman–Crippen LogP) is 6.21. The van der Waals surface area contributed by atoms with Crippen molar-refractivity contribution < 1.29 is 13.9 Å². The number of thiophene rings is 1. The van der Waals surface area contributed by atoms with Crippen molar-refractivity contribution in [1.82, 2.24) is 4.57 Å². The molecule has 4 heterocycles. The summed E-state index contributed by atoms with van der Waals surface area (Å²) in [6, 6.07) is 11.9. The van der Waals surface area contributed by atoms with Gasteiger partial charge in [-0.2, -0.15) is 0 Å². The molecule has 1 atom stereocenters. The van der Waals surface area contributed by atoms with E-state index in [1.165, 1.54) is 22.7 Å². The highest BCUT2D eigenvalue weighted by atomic mass is 35.5. The Hall–Kier alpha value is -2.91. The van der Waals surface area contributed by atoms with Crippen LogP contribution in [-0.4, -0.2) is 17.1 Å². The molecule has 0 spiro atoms. The lowest BCUT2D eigenvalue weighted by molar-refractivity contribution is -0.139. The van der Waals surface area contributed by atoms with E-state index in [0.29, 0.717) is 54.2 Å². The fourth-order valence-corrected chi connectivity index (χ4v) is 6.43. The number of fused-ring (bicyclic) bond motifs is 1. The van der Waals surface area contributed by atoms with E-state index >= 15 is 0 Å². The molecule has 3 aromatic heterocycles. The van der Waals surface area contributed by atoms with E-state index in [1.54, 1.807) is 47.9 Å². The van der Waals surface area contributed by atoms with Crippen molar-refractivity contribution in [2.24, 2.45) is 4.99 Å². The molecule has 1 unspecified atom stereocenters. The number of nitrogens with zero attached hydrogens (tertiary/aromatic N) is 2. The summed E-state index contributed by atoms with van der Waals surface area (Å²) in [6.45, 7) is 4.03. The van der Waals surface area contributed by atoms with E-state index in [-0.39, 0.29) is 12.2 Å². The third-order valence-corrected chi connectivity index (χ3v) is 8.27. The third-order valence-electron chi connectivity index (χ3n) is 5.80.